The third-order valence-corrected chi connectivity index (χ3v) is 5.44. The number of imidazole rings is 1. The molecule has 0 atom stereocenters. The molecule has 1 aliphatic carbocycles. The first-order chi connectivity index (χ1) is 14.2. The molecule has 2 aromatic heterocycles. The van der Waals surface area contributed by atoms with E-state index in [0.29, 0.717) is 35.4 Å². The normalized spacial score (nSPS) is 19.5. The number of hydrogen-bond donors (Lipinski definition) is 2. The van der Waals surface area contributed by atoms with Gasteiger partial charge in [-0.15, -0.1) is 0 Å². The zero-order chi connectivity index (χ0) is 20.2. The molecule has 2 heterocycles. The Labute approximate surface area is 168 Å². The zero-order valence-corrected chi connectivity index (χ0v) is 16.4. The van der Waals surface area contributed by atoms with E-state index in [9.17, 15) is 9.18 Å². The van der Waals surface area contributed by atoms with Gasteiger partial charge in [-0.1, -0.05) is 0 Å². The molecule has 1 aromatic carbocycles. The second kappa shape index (κ2) is 8.75. The number of methoxy groups -OCH3 is 1. The number of aromatic amines is 1. The van der Waals surface area contributed by atoms with Gasteiger partial charge in [0.1, 0.15) is 0 Å². The molecule has 2 N–H and O–H groups in total. The maximum absolute atomic E-state index is 14.9. The molecule has 29 heavy (non-hydrogen) atoms. The highest BCUT2D eigenvalue weighted by atomic mass is 19.1. The minimum Gasteiger partial charge on any atom is -0.382 e. The maximum Gasteiger partial charge on any atom is 0.253 e. The Hall–Kier alpha value is -2.71. The lowest BCUT2D eigenvalue weighted by Gasteiger charge is -2.29. The number of nitrogens with zero attached hydrogens (tertiary/aromatic N) is 2. The number of carbonyl (C=O) groups is 1. The zero-order valence-electron chi connectivity index (χ0n) is 16.4. The van der Waals surface area contributed by atoms with Gasteiger partial charge in [-0.05, 0) is 37.8 Å². The minimum absolute atomic E-state index is 0.0801. The van der Waals surface area contributed by atoms with Crippen LogP contribution in [0.4, 0.5) is 4.39 Å². The van der Waals surface area contributed by atoms with Gasteiger partial charge in [-0.3, -0.25) is 4.79 Å². The molecule has 1 aliphatic rings. The van der Waals surface area contributed by atoms with Gasteiger partial charge in [-0.2, -0.15) is 0 Å². The van der Waals surface area contributed by atoms with Crippen LogP contribution in [0, 0.1) is 5.82 Å². The number of ether oxygens (including phenoxy) is 2. The summed E-state index contributed by atoms with van der Waals surface area (Å²) in [4.78, 5) is 20.0. The molecule has 0 aliphatic heterocycles. The second-order valence-electron chi connectivity index (χ2n) is 7.30. The number of fused-ring (bicyclic) bond motifs is 1. The molecular weight excluding hydrogens is 375 g/mol. The monoisotopic (exact) mass is 400 g/mol. The molecule has 154 valence electrons. The standard InChI is InChI=1S/C21H25FN4O3/c1-28-10-11-29-15-4-2-14(3-5-15)25-21(27)17-12-18(26-9-8-23-13-26)19(22)16-6-7-24-20(16)17/h6-9,12-15,24H,2-5,10-11H2,1H3,(H,25,27). The van der Waals surface area contributed by atoms with Crippen molar-refractivity contribution in [1.29, 1.82) is 0 Å². The second-order valence-corrected chi connectivity index (χ2v) is 7.30. The Bertz CT molecular complexity index is 962. The van der Waals surface area contributed by atoms with Gasteiger partial charge >= 0.3 is 0 Å². The van der Waals surface area contributed by atoms with Crippen molar-refractivity contribution in [3.05, 3.63) is 48.4 Å². The highest BCUT2D eigenvalue weighted by Crippen LogP contribution is 2.28. The van der Waals surface area contributed by atoms with Crippen molar-refractivity contribution in [3.63, 3.8) is 0 Å². The number of benzene rings is 1. The summed E-state index contributed by atoms with van der Waals surface area (Å²) in [6.07, 6.45) is 10.1. The lowest BCUT2D eigenvalue weighted by atomic mass is 9.92. The number of aromatic nitrogens is 3. The van der Waals surface area contributed by atoms with E-state index in [2.05, 4.69) is 15.3 Å². The van der Waals surface area contributed by atoms with Crippen LogP contribution in [0.25, 0.3) is 16.6 Å². The van der Waals surface area contributed by atoms with Crippen molar-refractivity contribution in [1.82, 2.24) is 19.9 Å². The molecule has 0 bridgehead atoms. The predicted octanol–water partition coefficient (Wildman–Crippen LogP) is 3.20. The lowest BCUT2D eigenvalue weighted by Crippen LogP contribution is -2.39. The first-order valence-electron chi connectivity index (χ1n) is 9.86. The Balaban J connectivity index is 1.48. The van der Waals surface area contributed by atoms with E-state index in [1.807, 2.05) is 0 Å². The summed E-state index contributed by atoms with van der Waals surface area (Å²) >= 11 is 0. The number of halogens is 1. The van der Waals surface area contributed by atoms with Crippen LogP contribution in [-0.4, -0.2) is 52.9 Å². The minimum atomic E-state index is -0.385. The summed E-state index contributed by atoms with van der Waals surface area (Å²) in [5.74, 6) is -0.591. The molecule has 3 aromatic rings. The largest absolute Gasteiger partial charge is 0.382 e. The molecule has 1 saturated carbocycles. The number of hydrogen-bond acceptors (Lipinski definition) is 4. The van der Waals surface area contributed by atoms with E-state index in [1.54, 1.807) is 42.4 Å². The van der Waals surface area contributed by atoms with E-state index in [4.69, 9.17) is 9.47 Å². The molecule has 4 rings (SSSR count). The lowest BCUT2D eigenvalue weighted by molar-refractivity contribution is -0.00408. The Morgan fingerprint density at radius 2 is 2.17 bits per heavy atom. The molecule has 0 saturated heterocycles. The van der Waals surface area contributed by atoms with Gasteiger partial charge in [0, 0.05) is 37.1 Å². The van der Waals surface area contributed by atoms with Crippen LogP contribution < -0.4 is 5.32 Å². The summed E-state index contributed by atoms with van der Waals surface area (Å²) in [5, 5.41) is 3.50. The average Bonchev–Trinajstić information content (AvgIpc) is 3.42. The van der Waals surface area contributed by atoms with E-state index in [0.717, 1.165) is 25.7 Å². The molecule has 0 spiro atoms. The summed E-state index contributed by atoms with van der Waals surface area (Å²) < 4.78 is 27.3. The summed E-state index contributed by atoms with van der Waals surface area (Å²) in [5.41, 5.74) is 1.23. The van der Waals surface area contributed by atoms with Gasteiger partial charge in [0.15, 0.2) is 5.82 Å². The molecule has 1 fully saturated rings. The smallest absolute Gasteiger partial charge is 0.253 e. The maximum atomic E-state index is 14.9. The van der Waals surface area contributed by atoms with Gasteiger partial charge in [0.05, 0.1) is 42.4 Å². The van der Waals surface area contributed by atoms with Crippen LogP contribution in [0.5, 0.6) is 0 Å². The summed E-state index contributed by atoms with van der Waals surface area (Å²) in [7, 11) is 1.66. The highest BCUT2D eigenvalue weighted by molar-refractivity contribution is 6.07. The summed E-state index contributed by atoms with van der Waals surface area (Å²) in [6, 6.07) is 3.30. The molecular formula is C21H25FN4O3. The molecule has 7 nitrogen and oxygen atoms in total. The number of rotatable bonds is 7. The third-order valence-electron chi connectivity index (χ3n) is 5.44. The van der Waals surface area contributed by atoms with Crippen molar-refractivity contribution in [2.24, 2.45) is 0 Å². The van der Waals surface area contributed by atoms with E-state index < -0.39 is 0 Å². The van der Waals surface area contributed by atoms with Crippen LogP contribution in [0.2, 0.25) is 0 Å². The van der Waals surface area contributed by atoms with E-state index in [-0.39, 0.29) is 23.9 Å². The number of nitrogens with one attached hydrogen (secondary N) is 2. The van der Waals surface area contributed by atoms with Crippen molar-refractivity contribution >= 4 is 16.8 Å². The van der Waals surface area contributed by atoms with Crippen LogP contribution >= 0.6 is 0 Å². The SMILES string of the molecule is COCCOC1CCC(NC(=O)c2cc(-n3ccnc3)c(F)c3cc[nH]c23)CC1. The first-order valence-corrected chi connectivity index (χ1v) is 9.86. The Kier molecular flexibility index (Phi) is 5.92. The fourth-order valence-electron chi connectivity index (χ4n) is 3.89. The Morgan fingerprint density at radius 3 is 2.90 bits per heavy atom. The number of H-pyrrole nitrogens is 1. The third kappa shape index (κ3) is 4.18. The quantitative estimate of drug-likeness (QED) is 0.597. The van der Waals surface area contributed by atoms with Gasteiger partial charge < -0.3 is 24.3 Å². The van der Waals surface area contributed by atoms with Crippen LogP contribution in [0.1, 0.15) is 36.0 Å². The topological polar surface area (TPSA) is 81.2 Å². The van der Waals surface area contributed by atoms with Crippen LogP contribution in [-0.2, 0) is 9.47 Å². The average molecular weight is 400 g/mol. The van der Waals surface area contributed by atoms with Gasteiger partial charge in [0.25, 0.3) is 5.91 Å². The van der Waals surface area contributed by atoms with Crippen LogP contribution in [0.15, 0.2) is 37.1 Å². The number of amides is 1. The highest BCUT2D eigenvalue weighted by Gasteiger charge is 2.25. The molecule has 8 heteroatoms. The number of carbonyl (C=O) groups excluding carboxylic acids is 1. The van der Waals surface area contributed by atoms with Crippen LogP contribution in [0.3, 0.4) is 0 Å². The Morgan fingerprint density at radius 1 is 1.34 bits per heavy atom. The molecule has 1 amide bonds. The first kappa shape index (κ1) is 19.6. The summed E-state index contributed by atoms with van der Waals surface area (Å²) in [6.45, 7) is 1.18. The van der Waals surface area contributed by atoms with Crippen molar-refractivity contribution in [2.45, 2.75) is 37.8 Å². The fourth-order valence-corrected chi connectivity index (χ4v) is 3.89. The van der Waals surface area contributed by atoms with Crippen molar-refractivity contribution in [2.75, 3.05) is 20.3 Å². The van der Waals surface area contributed by atoms with Crippen molar-refractivity contribution in [3.8, 4) is 5.69 Å². The van der Waals surface area contributed by atoms with Gasteiger partial charge in [-0.25, -0.2) is 9.37 Å². The molecule has 0 unspecified atom stereocenters. The van der Waals surface area contributed by atoms with E-state index >= 15 is 0 Å². The molecule has 0 radical (unpaired) electrons. The fraction of sp³-hybridized carbons (Fsp3) is 0.429. The van der Waals surface area contributed by atoms with Crippen molar-refractivity contribution < 1.29 is 18.7 Å². The van der Waals surface area contributed by atoms with E-state index in [1.165, 1.54) is 6.33 Å². The predicted molar refractivity (Wildman–Crippen MR) is 107 cm³/mol. The van der Waals surface area contributed by atoms with Gasteiger partial charge in [0.2, 0.25) is 0 Å².